The molecule has 0 aromatic carbocycles. The molecule has 8 heteroatoms. The first-order valence-corrected chi connectivity index (χ1v) is 6.15. The van der Waals surface area contributed by atoms with Crippen LogP contribution < -0.4 is 0 Å². The maximum atomic E-state index is 12.1. The van der Waals surface area contributed by atoms with Crippen LogP contribution >= 0.6 is 11.6 Å². The Labute approximate surface area is 119 Å². The second-order valence-electron chi connectivity index (χ2n) is 3.87. The van der Waals surface area contributed by atoms with Gasteiger partial charge in [0.2, 0.25) is 5.28 Å². The third kappa shape index (κ3) is 5.34. The van der Waals surface area contributed by atoms with Crippen molar-refractivity contribution in [3.63, 3.8) is 0 Å². The Morgan fingerprint density at radius 3 is 2.65 bits per heavy atom. The van der Waals surface area contributed by atoms with Crippen LogP contribution in [0.2, 0.25) is 5.28 Å². The molecule has 112 valence electrons. The van der Waals surface area contributed by atoms with E-state index in [1.54, 1.807) is 6.92 Å². The molecule has 1 rings (SSSR count). The number of nitrogens with zero attached hydrogens (tertiary/aromatic N) is 2. The molecule has 0 fully saturated rings. The SMILES string of the molecule is C=C(OCC)c1cc(C(C)OCC(F)(F)F)nc(Cl)n1. The number of hydrogen-bond donors (Lipinski definition) is 0. The highest BCUT2D eigenvalue weighted by molar-refractivity contribution is 6.28. The smallest absolute Gasteiger partial charge is 0.411 e. The van der Waals surface area contributed by atoms with Crippen LogP contribution in [0.25, 0.3) is 5.76 Å². The van der Waals surface area contributed by atoms with Crippen molar-refractivity contribution in [2.75, 3.05) is 13.2 Å². The van der Waals surface area contributed by atoms with Crippen molar-refractivity contribution in [2.24, 2.45) is 0 Å². The van der Waals surface area contributed by atoms with Gasteiger partial charge in [0.15, 0.2) is 0 Å². The molecular formula is C12H14ClF3N2O2. The minimum Gasteiger partial charge on any atom is -0.492 e. The van der Waals surface area contributed by atoms with Gasteiger partial charge in [-0.25, -0.2) is 9.97 Å². The normalized spacial score (nSPS) is 13.1. The van der Waals surface area contributed by atoms with Crippen molar-refractivity contribution in [2.45, 2.75) is 26.1 Å². The predicted molar refractivity (Wildman–Crippen MR) is 68.1 cm³/mol. The highest BCUT2D eigenvalue weighted by atomic mass is 35.5. The molecule has 1 aromatic heterocycles. The summed E-state index contributed by atoms with van der Waals surface area (Å²) in [6.45, 7) is 5.88. The van der Waals surface area contributed by atoms with Gasteiger partial charge >= 0.3 is 6.18 Å². The number of hydrogen-bond acceptors (Lipinski definition) is 4. The summed E-state index contributed by atoms with van der Waals surface area (Å²) in [5.41, 5.74) is 0.536. The molecule has 0 radical (unpaired) electrons. The van der Waals surface area contributed by atoms with Gasteiger partial charge in [0.25, 0.3) is 0 Å². The minimum atomic E-state index is -4.40. The van der Waals surface area contributed by atoms with E-state index in [0.717, 1.165) is 0 Å². The van der Waals surface area contributed by atoms with Crippen LogP contribution in [0, 0.1) is 0 Å². The molecule has 0 aliphatic carbocycles. The molecule has 1 atom stereocenters. The standard InChI is InChI=1S/C12H14ClF3N2O2/c1-4-19-7(2)9-5-10(18-11(13)17-9)8(3)20-6-12(14,15)16/h5,8H,2,4,6H2,1,3H3. The van der Waals surface area contributed by atoms with Gasteiger partial charge in [-0.15, -0.1) is 0 Å². The fourth-order valence-corrected chi connectivity index (χ4v) is 1.53. The quantitative estimate of drug-likeness (QED) is 0.592. The van der Waals surface area contributed by atoms with Crippen molar-refractivity contribution < 1.29 is 22.6 Å². The van der Waals surface area contributed by atoms with Crippen molar-refractivity contribution in [1.29, 1.82) is 0 Å². The monoisotopic (exact) mass is 310 g/mol. The maximum absolute atomic E-state index is 12.1. The van der Waals surface area contributed by atoms with Gasteiger partial charge in [-0.3, -0.25) is 0 Å². The summed E-state index contributed by atoms with van der Waals surface area (Å²) in [4.78, 5) is 7.74. The van der Waals surface area contributed by atoms with Crippen LogP contribution in [0.4, 0.5) is 13.2 Å². The summed E-state index contributed by atoms with van der Waals surface area (Å²) in [6, 6.07) is 1.44. The van der Waals surface area contributed by atoms with E-state index in [9.17, 15) is 13.2 Å². The van der Waals surface area contributed by atoms with E-state index in [1.165, 1.54) is 13.0 Å². The van der Waals surface area contributed by atoms with Crippen molar-refractivity contribution in [3.05, 3.63) is 29.3 Å². The van der Waals surface area contributed by atoms with Crippen LogP contribution in [0.1, 0.15) is 31.3 Å². The molecule has 1 heterocycles. The van der Waals surface area contributed by atoms with Gasteiger partial charge < -0.3 is 9.47 Å². The minimum absolute atomic E-state index is 0.110. The summed E-state index contributed by atoms with van der Waals surface area (Å²) in [7, 11) is 0. The molecule has 1 unspecified atom stereocenters. The summed E-state index contributed by atoms with van der Waals surface area (Å²) in [6.07, 6.45) is -5.28. The molecule has 0 aliphatic heterocycles. The lowest BCUT2D eigenvalue weighted by atomic mass is 10.2. The third-order valence-corrected chi connectivity index (χ3v) is 2.41. The number of ether oxygens (including phenoxy) is 2. The van der Waals surface area contributed by atoms with E-state index in [1.807, 2.05) is 0 Å². The first kappa shape index (κ1) is 16.7. The van der Waals surface area contributed by atoms with Crippen molar-refractivity contribution >= 4 is 17.4 Å². The zero-order valence-electron chi connectivity index (χ0n) is 11.0. The number of rotatable bonds is 6. The Kier molecular flexibility index (Phi) is 5.76. The van der Waals surface area contributed by atoms with Gasteiger partial charge in [-0.2, -0.15) is 13.2 Å². The zero-order valence-corrected chi connectivity index (χ0v) is 11.8. The van der Waals surface area contributed by atoms with E-state index in [4.69, 9.17) is 21.1 Å². The Hall–Kier alpha value is -1.34. The highest BCUT2D eigenvalue weighted by Gasteiger charge is 2.29. The Morgan fingerprint density at radius 1 is 1.45 bits per heavy atom. The molecule has 4 nitrogen and oxygen atoms in total. The summed E-state index contributed by atoms with van der Waals surface area (Å²) in [5, 5.41) is -0.110. The number of alkyl halides is 3. The topological polar surface area (TPSA) is 44.2 Å². The molecule has 0 saturated heterocycles. The third-order valence-electron chi connectivity index (χ3n) is 2.24. The van der Waals surface area contributed by atoms with Crippen LogP contribution in [0.5, 0.6) is 0 Å². The lowest BCUT2D eigenvalue weighted by Gasteiger charge is -2.15. The van der Waals surface area contributed by atoms with E-state index < -0.39 is 18.9 Å². The van der Waals surface area contributed by atoms with E-state index in [0.29, 0.717) is 12.3 Å². The lowest BCUT2D eigenvalue weighted by Crippen LogP contribution is -2.19. The molecule has 0 amide bonds. The highest BCUT2D eigenvalue weighted by Crippen LogP contribution is 2.23. The van der Waals surface area contributed by atoms with Crippen molar-refractivity contribution in [3.8, 4) is 0 Å². The average Bonchev–Trinajstić information content (AvgIpc) is 2.34. The van der Waals surface area contributed by atoms with E-state index >= 15 is 0 Å². The number of aromatic nitrogens is 2. The molecule has 0 aliphatic rings. The molecule has 20 heavy (non-hydrogen) atoms. The maximum Gasteiger partial charge on any atom is 0.411 e. The van der Waals surface area contributed by atoms with Crippen LogP contribution in [0.15, 0.2) is 12.6 Å². The van der Waals surface area contributed by atoms with Crippen molar-refractivity contribution in [1.82, 2.24) is 9.97 Å². The predicted octanol–water partition coefficient (Wildman–Crippen LogP) is 3.78. The molecule has 0 N–H and O–H groups in total. The van der Waals surface area contributed by atoms with Crippen LogP contribution in [-0.4, -0.2) is 29.4 Å². The summed E-state index contributed by atoms with van der Waals surface area (Å²) >= 11 is 5.73. The first-order chi connectivity index (χ1) is 9.23. The van der Waals surface area contributed by atoms with Crippen LogP contribution in [0.3, 0.4) is 0 Å². The Bertz CT molecular complexity index is 480. The zero-order chi connectivity index (χ0) is 15.3. The van der Waals surface area contributed by atoms with Gasteiger partial charge in [0.1, 0.15) is 18.1 Å². The van der Waals surface area contributed by atoms with Gasteiger partial charge in [0.05, 0.1) is 18.4 Å². The van der Waals surface area contributed by atoms with E-state index in [2.05, 4.69) is 16.5 Å². The second kappa shape index (κ2) is 6.90. The molecular weight excluding hydrogens is 297 g/mol. The van der Waals surface area contributed by atoms with Gasteiger partial charge in [-0.1, -0.05) is 6.58 Å². The Balaban J connectivity index is 2.87. The second-order valence-corrected chi connectivity index (χ2v) is 4.21. The molecule has 0 saturated carbocycles. The fourth-order valence-electron chi connectivity index (χ4n) is 1.34. The average molecular weight is 311 g/mol. The van der Waals surface area contributed by atoms with Gasteiger partial charge in [0, 0.05) is 0 Å². The summed E-state index contributed by atoms with van der Waals surface area (Å²) in [5.74, 6) is 0.265. The van der Waals surface area contributed by atoms with Gasteiger partial charge in [-0.05, 0) is 31.5 Å². The number of halogens is 4. The van der Waals surface area contributed by atoms with E-state index in [-0.39, 0.29) is 16.7 Å². The summed E-state index contributed by atoms with van der Waals surface area (Å²) < 4.78 is 46.2. The fraction of sp³-hybridized carbons (Fsp3) is 0.500. The largest absolute Gasteiger partial charge is 0.492 e. The molecule has 0 bridgehead atoms. The molecule has 1 aromatic rings. The van der Waals surface area contributed by atoms with Crippen LogP contribution in [-0.2, 0) is 9.47 Å². The lowest BCUT2D eigenvalue weighted by molar-refractivity contribution is -0.184. The Morgan fingerprint density at radius 2 is 2.10 bits per heavy atom. The molecule has 0 spiro atoms. The first-order valence-electron chi connectivity index (χ1n) is 5.78.